The number of nitrogens with one attached hydrogen (secondary N) is 1. The van der Waals surface area contributed by atoms with Gasteiger partial charge in [-0.25, -0.2) is 15.0 Å². The molecule has 10 nitrogen and oxygen atoms in total. The first kappa shape index (κ1) is 22.5. The van der Waals surface area contributed by atoms with Crippen molar-refractivity contribution >= 4 is 16.8 Å². The van der Waals surface area contributed by atoms with E-state index in [-0.39, 0.29) is 5.91 Å². The molecule has 1 amide bonds. The Kier molecular flexibility index (Phi) is 5.64. The van der Waals surface area contributed by atoms with Crippen LogP contribution in [0.4, 0.5) is 0 Å². The van der Waals surface area contributed by atoms with Crippen LogP contribution >= 0.6 is 0 Å². The number of benzene rings is 1. The lowest BCUT2D eigenvalue weighted by Crippen LogP contribution is -2.28. The molecule has 0 radical (unpaired) electrons. The summed E-state index contributed by atoms with van der Waals surface area (Å²) >= 11 is 0. The molecule has 0 unspecified atom stereocenters. The van der Waals surface area contributed by atoms with Crippen LogP contribution in [-0.2, 0) is 20.1 Å². The van der Waals surface area contributed by atoms with E-state index in [0.717, 1.165) is 29.1 Å². The van der Waals surface area contributed by atoms with Crippen molar-refractivity contribution in [2.75, 3.05) is 7.05 Å². The predicted molar refractivity (Wildman–Crippen MR) is 132 cm³/mol. The fraction of sp³-hybridized carbons (Fsp3) is 0.280. The SMILES string of the molecule is CCn1ncc(CN(C)C(=O)c2nc(-c3cc(-c4ncc[nH]4)n(C)n3)nc3ccc(C)cc23)c1C. The van der Waals surface area contributed by atoms with Gasteiger partial charge in [0.05, 0.1) is 11.7 Å². The number of aryl methyl sites for hydroxylation is 3. The van der Waals surface area contributed by atoms with Crippen LogP contribution in [0.5, 0.6) is 0 Å². The Bertz CT molecular complexity index is 1530. The average molecular weight is 470 g/mol. The minimum absolute atomic E-state index is 0.185. The van der Waals surface area contributed by atoms with E-state index >= 15 is 0 Å². The van der Waals surface area contributed by atoms with E-state index in [1.54, 1.807) is 29.0 Å². The summed E-state index contributed by atoms with van der Waals surface area (Å²) in [4.78, 5) is 32.2. The van der Waals surface area contributed by atoms with Crippen molar-refractivity contribution < 1.29 is 4.79 Å². The summed E-state index contributed by atoms with van der Waals surface area (Å²) in [7, 11) is 3.62. The summed E-state index contributed by atoms with van der Waals surface area (Å²) < 4.78 is 3.64. The summed E-state index contributed by atoms with van der Waals surface area (Å²) in [5, 5.41) is 9.71. The molecule has 4 aromatic heterocycles. The van der Waals surface area contributed by atoms with Gasteiger partial charge in [-0.05, 0) is 39.0 Å². The van der Waals surface area contributed by atoms with Gasteiger partial charge in [0, 0.05) is 56.2 Å². The Morgan fingerprint density at radius 3 is 2.71 bits per heavy atom. The molecule has 0 fully saturated rings. The zero-order valence-corrected chi connectivity index (χ0v) is 20.4. The van der Waals surface area contributed by atoms with Gasteiger partial charge in [0.15, 0.2) is 11.6 Å². The van der Waals surface area contributed by atoms with Gasteiger partial charge < -0.3 is 9.88 Å². The molecule has 0 bridgehead atoms. The first-order valence-corrected chi connectivity index (χ1v) is 11.4. The molecule has 0 atom stereocenters. The van der Waals surface area contributed by atoms with Crippen molar-refractivity contribution in [1.82, 2.24) is 44.4 Å². The summed E-state index contributed by atoms with van der Waals surface area (Å²) in [5.74, 6) is 0.901. The molecule has 0 spiro atoms. The molecule has 178 valence electrons. The molecular formula is C25H27N9O. The first-order chi connectivity index (χ1) is 16.9. The Morgan fingerprint density at radius 2 is 2.00 bits per heavy atom. The summed E-state index contributed by atoms with van der Waals surface area (Å²) in [6, 6.07) is 7.71. The van der Waals surface area contributed by atoms with Crippen molar-refractivity contribution in [2.24, 2.45) is 7.05 Å². The van der Waals surface area contributed by atoms with Gasteiger partial charge in [0.2, 0.25) is 0 Å². The molecule has 0 saturated heterocycles. The van der Waals surface area contributed by atoms with E-state index in [9.17, 15) is 4.79 Å². The zero-order chi connectivity index (χ0) is 24.7. The number of carbonyl (C=O) groups excluding carboxylic acids is 1. The predicted octanol–water partition coefficient (Wildman–Crippen LogP) is 3.53. The minimum atomic E-state index is -0.185. The van der Waals surface area contributed by atoms with Gasteiger partial charge in [-0.15, -0.1) is 0 Å². The van der Waals surface area contributed by atoms with Crippen LogP contribution in [-0.4, -0.2) is 57.4 Å². The maximum absolute atomic E-state index is 13.7. The monoisotopic (exact) mass is 469 g/mol. The second-order valence-corrected chi connectivity index (χ2v) is 8.62. The lowest BCUT2D eigenvalue weighted by atomic mass is 10.1. The van der Waals surface area contributed by atoms with E-state index < -0.39 is 0 Å². The van der Waals surface area contributed by atoms with Crippen LogP contribution in [0, 0.1) is 13.8 Å². The smallest absolute Gasteiger partial charge is 0.273 e. The van der Waals surface area contributed by atoms with Gasteiger partial charge in [0.25, 0.3) is 5.91 Å². The van der Waals surface area contributed by atoms with Gasteiger partial charge >= 0.3 is 0 Å². The second-order valence-electron chi connectivity index (χ2n) is 8.62. The van der Waals surface area contributed by atoms with Crippen LogP contribution in [0.3, 0.4) is 0 Å². The number of H-pyrrole nitrogens is 1. The summed E-state index contributed by atoms with van der Waals surface area (Å²) in [6.07, 6.45) is 5.27. The van der Waals surface area contributed by atoms with Crippen LogP contribution in [0.1, 0.15) is 34.2 Å². The summed E-state index contributed by atoms with van der Waals surface area (Å²) in [6.45, 7) is 7.27. The number of fused-ring (bicyclic) bond motifs is 1. The highest BCUT2D eigenvalue weighted by molar-refractivity contribution is 6.05. The van der Waals surface area contributed by atoms with E-state index in [0.29, 0.717) is 40.5 Å². The Hall–Kier alpha value is -4.34. The van der Waals surface area contributed by atoms with E-state index in [1.165, 1.54) is 0 Å². The van der Waals surface area contributed by atoms with Crippen molar-refractivity contribution in [1.29, 1.82) is 0 Å². The highest BCUT2D eigenvalue weighted by Gasteiger charge is 2.22. The molecule has 4 heterocycles. The molecule has 0 aliphatic rings. The maximum Gasteiger partial charge on any atom is 0.273 e. The molecule has 10 heteroatoms. The molecule has 0 saturated carbocycles. The summed E-state index contributed by atoms with van der Waals surface area (Å²) in [5.41, 5.74) is 5.49. The van der Waals surface area contributed by atoms with E-state index in [2.05, 4.69) is 20.2 Å². The molecule has 5 aromatic rings. The highest BCUT2D eigenvalue weighted by atomic mass is 16.2. The number of rotatable bonds is 6. The van der Waals surface area contributed by atoms with Crippen LogP contribution < -0.4 is 0 Å². The quantitative estimate of drug-likeness (QED) is 0.407. The van der Waals surface area contributed by atoms with Crippen LogP contribution in [0.15, 0.2) is 42.9 Å². The van der Waals surface area contributed by atoms with Crippen LogP contribution in [0.25, 0.3) is 33.9 Å². The fourth-order valence-electron chi connectivity index (χ4n) is 4.19. The molecule has 0 aliphatic carbocycles. The number of hydrogen-bond acceptors (Lipinski definition) is 6. The first-order valence-electron chi connectivity index (χ1n) is 11.4. The number of imidazole rings is 1. The van der Waals surface area contributed by atoms with Gasteiger partial charge in [-0.3, -0.25) is 14.2 Å². The van der Waals surface area contributed by atoms with Crippen molar-refractivity contribution in [3.05, 3.63) is 65.4 Å². The highest BCUT2D eigenvalue weighted by Crippen LogP contribution is 2.26. The number of carbonyl (C=O) groups is 1. The van der Waals surface area contributed by atoms with E-state index in [1.807, 2.05) is 63.0 Å². The van der Waals surface area contributed by atoms with Gasteiger partial charge in [-0.2, -0.15) is 10.2 Å². The van der Waals surface area contributed by atoms with Crippen molar-refractivity contribution in [3.63, 3.8) is 0 Å². The fourth-order valence-corrected chi connectivity index (χ4v) is 4.19. The largest absolute Gasteiger partial charge is 0.343 e. The van der Waals surface area contributed by atoms with Gasteiger partial charge in [-0.1, -0.05) is 11.6 Å². The van der Waals surface area contributed by atoms with Gasteiger partial charge in [0.1, 0.15) is 17.1 Å². The Morgan fingerprint density at radius 1 is 1.17 bits per heavy atom. The topological polar surface area (TPSA) is 110 Å². The standard InChI is InChI=1S/C25H27N9O/c1-6-34-16(3)17(13-28-34)14-32(4)25(35)22-18-11-15(2)7-8-19(18)29-23(30-22)20-12-21(33(5)31-20)24-26-9-10-27-24/h7-13H,6,14H2,1-5H3,(H,26,27). The molecule has 1 aromatic carbocycles. The Labute approximate surface area is 202 Å². The third-order valence-corrected chi connectivity index (χ3v) is 6.16. The zero-order valence-electron chi connectivity index (χ0n) is 20.4. The third kappa shape index (κ3) is 4.07. The molecule has 1 N–H and O–H groups in total. The second kappa shape index (κ2) is 8.79. The third-order valence-electron chi connectivity index (χ3n) is 6.16. The average Bonchev–Trinajstić information content (AvgIpc) is 3.59. The minimum Gasteiger partial charge on any atom is -0.343 e. The number of amides is 1. The maximum atomic E-state index is 13.7. The Balaban J connectivity index is 1.57. The number of aromatic amines is 1. The molecule has 0 aliphatic heterocycles. The number of nitrogens with zero attached hydrogens (tertiary/aromatic N) is 8. The lowest BCUT2D eigenvalue weighted by molar-refractivity contribution is 0.0781. The molecule has 35 heavy (non-hydrogen) atoms. The van der Waals surface area contributed by atoms with Crippen LogP contribution in [0.2, 0.25) is 0 Å². The number of hydrogen-bond donors (Lipinski definition) is 1. The molecular weight excluding hydrogens is 442 g/mol. The normalized spacial score (nSPS) is 11.3. The van der Waals surface area contributed by atoms with E-state index in [4.69, 9.17) is 9.97 Å². The molecule has 5 rings (SSSR count). The van der Waals surface area contributed by atoms with Crippen molar-refractivity contribution in [2.45, 2.75) is 33.9 Å². The van der Waals surface area contributed by atoms with Crippen molar-refractivity contribution in [3.8, 4) is 23.0 Å². The number of aromatic nitrogens is 8. The lowest BCUT2D eigenvalue weighted by Gasteiger charge is -2.18.